The largest absolute Gasteiger partial charge is 0.278 e. The van der Waals surface area contributed by atoms with Gasteiger partial charge in [0, 0.05) is 0 Å². The molecule has 22 heavy (non-hydrogen) atoms. The maximum Gasteiger partial charge on any atom is 0.262 e. The molecule has 0 aromatic heterocycles. The Morgan fingerprint density at radius 1 is 1.05 bits per heavy atom. The third kappa shape index (κ3) is 3.62. The molecule has 2 aromatic carbocycles. The fraction of sp³-hybridized carbons (Fsp3) is 0.294. The molecule has 5 heteroatoms. The van der Waals surface area contributed by atoms with Gasteiger partial charge in [0.25, 0.3) is 10.0 Å². The van der Waals surface area contributed by atoms with E-state index < -0.39 is 10.0 Å². The smallest absolute Gasteiger partial charge is 0.262 e. The summed E-state index contributed by atoms with van der Waals surface area (Å²) in [5.74, 6) is 0. The van der Waals surface area contributed by atoms with Gasteiger partial charge < -0.3 is 0 Å². The van der Waals surface area contributed by atoms with E-state index in [2.05, 4.69) is 25.5 Å². The van der Waals surface area contributed by atoms with E-state index in [1.807, 2.05) is 12.1 Å². The Hall–Kier alpha value is -1.52. The minimum atomic E-state index is -3.68. The van der Waals surface area contributed by atoms with Crippen LogP contribution in [0.15, 0.2) is 47.4 Å². The first-order valence-corrected chi connectivity index (χ1v) is 8.86. The number of para-hydroxylation sites is 1. The Morgan fingerprint density at radius 2 is 1.68 bits per heavy atom. The summed E-state index contributed by atoms with van der Waals surface area (Å²) in [6.07, 6.45) is 0. The molecule has 0 fully saturated rings. The van der Waals surface area contributed by atoms with E-state index in [0.717, 1.165) is 5.56 Å². The van der Waals surface area contributed by atoms with E-state index in [0.29, 0.717) is 16.3 Å². The standard InChI is InChI=1S/C17H20ClNO2S/c1-12-9-10-13(17(2,3)4)11-16(12)22(20,21)19-15-8-6-5-7-14(15)18/h5-11,19H,1-4H3. The Labute approximate surface area is 137 Å². The van der Waals surface area contributed by atoms with Crippen LogP contribution in [0.5, 0.6) is 0 Å². The molecule has 0 aliphatic heterocycles. The highest BCUT2D eigenvalue weighted by Crippen LogP contribution is 2.29. The highest BCUT2D eigenvalue weighted by Gasteiger charge is 2.22. The molecular weight excluding hydrogens is 318 g/mol. The van der Waals surface area contributed by atoms with Gasteiger partial charge in [0.2, 0.25) is 0 Å². The third-order valence-electron chi connectivity index (χ3n) is 3.46. The number of anilines is 1. The van der Waals surface area contributed by atoms with Crippen molar-refractivity contribution in [1.29, 1.82) is 0 Å². The number of hydrogen-bond acceptors (Lipinski definition) is 2. The van der Waals surface area contributed by atoms with Crippen LogP contribution in [0.4, 0.5) is 5.69 Å². The van der Waals surface area contributed by atoms with Crippen molar-refractivity contribution in [2.24, 2.45) is 0 Å². The molecule has 118 valence electrons. The zero-order valence-corrected chi connectivity index (χ0v) is 14.7. The lowest BCUT2D eigenvalue weighted by Gasteiger charge is -2.21. The maximum atomic E-state index is 12.7. The van der Waals surface area contributed by atoms with Gasteiger partial charge in [-0.25, -0.2) is 8.42 Å². The molecule has 0 saturated carbocycles. The van der Waals surface area contributed by atoms with Crippen molar-refractivity contribution in [1.82, 2.24) is 0 Å². The average molecular weight is 338 g/mol. The molecule has 0 bridgehead atoms. The first-order valence-electron chi connectivity index (χ1n) is 7.00. The van der Waals surface area contributed by atoms with Crippen LogP contribution in [-0.2, 0) is 15.4 Å². The number of halogens is 1. The highest BCUT2D eigenvalue weighted by molar-refractivity contribution is 7.92. The Bertz CT molecular complexity index is 793. The number of rotatable bonds is 3. The SMILES string of the molecule is Cc1ccc(C(C)(C)C)cc1S(=O)(=O)Nc1ccccc1Cl. The van der Waals surface area contributed by atoms with Crippen molar-refractivity contribution in [3.05, 3.63) is 58.6 Å². The van der Waals surface area contributed by atoms with Gasteiger partial charge in [0.15, 0.2) is 0 Å². The van der Waals surface area contributed by atoms with E-state index in [1.165, 1.54) is 0 Å². The number of benzene rings is 2. The summed E-state index contributed by atoms with van der Waals surface area (Å²) in [7, 11) is -3.68. The van der Waals surface area contributed by atoms with Crippen LogP contribution in [0.1, 0.15) is 31.9 Å². The second kappa shape index (κ2) is 5.94. The lowest BCUT2D eigenvalue weighted by Crippen LogP contribution is -2.17. The van der Waals surface area contributed by atoms with Gasteiger partial charge in [0.1, 0.15) is 0 Å². The lowest BCUT2D eigenvalue weighted by molar-refractivity contribution is 0.584. The molecule has 0 amide bonds. The van der Waals surface area contributed by atoms with Crippen LogP contribution in [0, 0.1) is 6.92 Å². The van der Waals surface area contributed by atoms with Crippen molar-refractivity contribution in [2.45, 2.75) is 38.0 Å². The Kier molecular flexibility index (Phi) is 4.54. The van der Waals surface area contributed by atoms with Crippen molar-refractivity contribution in [3.8, 4) is 0 Å². The van der Waals surface area contributed by atoms with Crippen LogP contribution in [0.2, 0.25) is 5.02 Å². The molecule has 2 rings (SSSR count). The first kappa shape index (κ1) is 16.8. The number of aryl methyl sites for hydroxylation is 1. The molecule has 0 aliphatic carbocycles. The van der Waals surface area contributed by atoms with Gasteiger partial charge >= 0.3 is 0 Å². The van der Waals surface area contributed by atoms with Gasteiger partial charge in [-0.3, -0.25) is 4.72 Å². The van der Waals surface area contributed by atoms with E-state index >= 15 is 0 Å². The average Bonchev–Trinajstić information content (AvgIpc) is 2.40. The molecule has 0 heterocycles. The molecule has 1 N–H and O–H groups in total. The third-order valence-corrected chi connectivity index (χ3v) is 5.30. The predicted octanol–water partition coefficient (Wildman–Crippen LogP) is 4.75. The first-order chi connectivity index (χ1) is 10.1. The molecular formula is C17H20ClNO2S. The molecule has 2 aromatic rings. The number of sulfonamides is 1. The second-order valence-corrected chi connectivity index (χ2v) is 8.37. The minimum Gasteiger partial charge on any atom is -0.278 e. The molecule has 0 radical (unpaired) electrons. The van der Waals surface area contributed by atoms with Crippen molar-refractivity contribution in [3.63, 3.8) is 0 Å². The molecule has 0 spiro atoms. The maximum absolute atomic E-state index is 12.7. The monoisotopic (exact) mass is 337 g/mol. The Balaban J connectivity index is 2.48. The van der Waals surface area contributed by atoms with Gasteiger partial charge in [0.05, 0.1) is 15.6 Å². The molecule has 0 aliphatic rings. The fourth-order valence-electron chi connectivity index (χ4n) is 2.10. The van der Waals surface area contributed by atoms with Gasteiger partial charge in [-0.2, -0.15) is 0 Å². The van der Waals surface area contributed by atoms with E-state index in [1.54, 1.807) is 37.3 Å². The summed E-state index contributed by atoms with van der Waals surface area (Å²) in [6, 6.07) is 12.3. The summed E-state index contributed by atoms with van der Waals surface area (Å²) < 4.78 is 27.9. The summed E-state index contributed by atoms with van der Waals surface area (Å²) in [5, 5.41) is 0.371. The summed E-state index contributed by atoms with van der Waals surface area (Å²) in [4.78, 5) is 0.278. The molecule has 3 nitrogen and oxygen atoms in total. The molecule has 0 saturated heterocycles. The molecule has 0 atom stereocenters. The highest BCUT2D eigenvalue weighted by atomic mass is 35.5. The van der Waals surface area contributed by atoms with Crippen molar-refractivity contribution < 1.29 is 8.42 Å². The van der Waals surface area contributed by atoms with Crippen LogP contribution >= 0.6 is 11.6 Å². The van der Waals surface area contributed by atoms with Gasteiger partial charge in [-0.1, -0.05) is 56.6 Å². The quantitative estimate of drug-likeness (QED) is 0.878. The predicted molar refractivity (Wildman–Crippen MR) is 92.1 cm³/mol. The fourth-order valence-corrected chi connectivity index (χ4v) is 3.69. The van der Waals surface area contributed by atoms with Crippen molar-refractivity contribution >= 4 is 27.3 Å². The van der Waals surface area contributed by atoms with E-state index in [9.17, 15) is 8.42 Å². The lowest BCUT2D eigenvalue weighted by atomic mass is 9.87. The topological polar surface area (TPSA) is 46.2 Å². The zero-order valence-electron chi connectivity index (χ0n) is 13.1. The van der Waals surface area contributed by atoms with Crippen LogP contribution in [0.25, 0.3) is 0 Å². The zero-order chi connectivity index (χ0) is 16.5. The second-order valence-electron chi connectivity index (χ2n) is 6.32. The van der Waals surface area contributed by atoms with Gasteiger partial charge in [-0.05, 0) is 41.7 Å². The van der Waals surface area contributed by atoms with Crippen LogP contribution < -0.4 is 4.72 Å². The normalized spacial score (nSPS) is 12.2. The van der Waals surface area contributed by atoms with Gasteiger partial charge in [-0.15, -0.1) is 0 Å². The van der Waals surface area contributed by atoms with Crippen LogP contribution in [0.3, 0.4) is 0 Å². The Morgan fingerprint density at radius 3 is 2.27 bits per heavy atom. The van der Waals surface area contributed by atoms with Crippen LogP contribution in [-0.4, -0.2) is 8.42 Å². The number of nitrogens with one attached hydrogen (secondary N) is 1. The summed E-state index contributed by atoms with van der Waals surface area (Å²) >= 11 is 6.03. The molecule has 0 unspecified atom stereocenters. The minimum absolute atomic E-state index is 0.123. The van der Waals surface area contributed by atoms with E-state index in [4.69, 9.17) is 11.6 Å². The van der Waals surface area contributed by atoms with Crippen molar-refractivity contribution in [2.75, 3.05) is 4.72 Å². The summed E-state index contributed by atoms with van der Waals surface area (Å²) in [6.45, 7) is 7.94. The number of hydrogen-bond donors (Lipinski definition) is 1. The van der Waals surface area contributed by atoms with E-state index in [-0.39, 0.29) is 10.3 Å². The summed E-state index contributed by atoms with van der Waals surface area (Å²) in [5.41, 5.74) is 1.93.